The van der Waals surface area contributed by atoms with Crippen molar-refractivity contribution in [1.82, 2.24) is 0 Å². The summed E-state index contributed by atoms with van der Waals surface area (Å²) >= 11 is 0. The number of aryl methyl sites for hydroxylation is 2. The van der Waals surface area contributed by atoms with Gasteiger partial charge in [-0.3, -0.25) is 0 Å². The van der Waals surface area contributed by atoms with Gasteiger partial charge in [0, 0.05) is 0 Å². The Morgan fingerprint density at radius 1 is 0.800 bits per heavy atom. The molecule has 0 heterocycles. The second-order valence-electron chi connectivity index (χ2n) is 6.71. The summed E-state index contributed by atoms with van der Waals surface area (Å²) in [4.78, 5) is 0. The van der Waals surface area contributed by atoms with E-state index in [4.69, 9.17) is 0 Å². The number of rotatable bonds is 7. The van der Waals surface area contributed by atoms with Crippen LogP contribution >= 0.6 is 0 Å². The highest BCUT2D eigenvalue weighted by molar-refractivity contribution is 5.22. The molecule has 0 bridgehead atoms. The molecule has 1 aromatic rings. The fraction of sp³-hybridized carbons (Fsp3) is 0.700. The molecule has 20 heavy (non-hydrogen) atoms. The average Bonchev–Trinajstić information content (AvgIpc) is 2.53. The number of hydrogen-bond donors (Lipinski definition) is 0. The SMILES string of the molecule is CCc1ccc(CCCCC2CCC(CC)CC2)cc1. The zero-order valence-corrected chi connectivity index (χ0v) is 13.5. The Kier molecular flexibility index (Phi) is 6.63. The van der Waals surface area contributed by atoms with Crippen molar-refractivity contribution in [3.8, 4) is 0 Å². The molecule has 0 radical (unpaired) electrons. The summed E-state index contributed by atoms with van der Waals surface area (Å²) in [5.74, 6) is 2.09. The van der Waals surface area contributed by atoms with E-state index in [0.29, 0.717) is 0 Å². The summed E-state index contributed by atoms with van der Waals surface area (Å²) in [6.07, 6.45) is 14.1. The molecule has 2 rings (SSSR count). The van der Waals surface area contributed by atoms with Gasteiger partial charge >= 0.3 is 0 Å². The van der Waals surface area contributed by atoms with Crippen molar-refractivity contribution in [1.29, 1.82) is 0 Å². The van der Waals surface area contributed by atoms with Gasteiger partial charge in [0.05, 0.1) is 0 Å². The lowest BCUT2D eigenvalue weighted by atomic mass is 9.79. The van der Waals surface area contributed by atoms with Gasteiger partial charge in [0.15, 0.2) is 0 Å². The van der Waals surface area contributed by atoms with Crippen LogP contribution in [0.15, 0.2) is 24.3 Å². The van der Waals surface area contributed by atoms with Crippen molar-refractivity contribution >= 4 is 0 Å². The lowest BCUT2D eigenvalue weighted by molar-refractivity contribution is 0.254. The maximum absolute atomic E-state index is 2.36. The Morgan fingerprint density at radius 3 is 2.00 bits per heavy atom. The topological polar surface area (TPSA) is 0 Å². The molecule has 1 aromatic carbocycles. The minimum absolute atomic E-state index is 1.04. The van der Waals surface area contributed by atoms with Crippen LogP contribution in [0.1, 0.15) is 76.3 Å². The van der Waals surface area contributed by atoms with Crippen LogP contribution in [0.2, 0.25) is 0 Å². The van der Waals surface area contributed by atoms with E-state index in [-0.39, 0.29) is 0 Å². The van der Waals surface area contributed by atoms with Crippen molar-refractivity contribution in [3.63, 3.8) is 0 Å². The number of hydrogen-bond acceptors (Lipinski definition) is 0. The molecule has 0 nitrogen and oxygen atoms in total. The largest absolute Gasteiger partial charge is 0.0651 e. The maximum Gasteiger partial charge on any atom is -0.0279 e. The van der Waals surface area contributed by atoms with Crippen molar-refractivity contribution in [2.45, 2.75) is 78.1 Å². The zero-order valence-electron chi connectivity index (χ0n) is 13.5. The van der Waals surface area contributed by atoms with Crippen LogP contribution in [0.3, 0.4) is 0 Å². The Labute approximate surface area is 126 Å². The van der Waals surface area contributed by atoms with Crippen LogP contribution in [0.25, 0.3) is 0 Å². The molecule has 0 N–H and O–H groups in total. The van der Waals surface area contributed by atoms with E-state index in [9.17, 15) is 0 Å². The Hall–Kier alpha value is -0.780. The molecule has 1 aliphatic rings. The van der Waals surface area contributed by atoms with Gasteiger partial charge in [-0.1, -0.05) is 83.1 Å². The van der Waals surface area contributed by atoms with Crippen molar-refractivity contribution in [2.75, 3.05) is 0 Å². The average molecular weight is 272 g/mol. The third kappa shape index (κ3) is 4.96. The van der Waals surface area contributed by atoms with Gasteiger partial charge in [0.1, 0.15) is 0 Å². The lowest BCUT2D eigenvalue weighted by Crippen LogP contribution is -2.13. The van der Waals surface area contributed by atoms with Crippen LogP contribution in [-0.4, -0.2) is 0 Å². The molecule has 112 valence electrons. The summed E-state index contributed by atoms with van der Waals surface area (Å²) in [7, 11) is 0. The van der Waals surface area contributed by atoms with Gasteiger partial charge < -0.3 is 0 Å². The molecule has 0 unspecified atom stereocenters. The van der Waals surface area contributed by atoms with Crippen molar-refractivity contribution < 1.29 is 0 Å². The highest BCUT2D eigenvalue weighted by atomic mass is 14.2. The van der Waals surface area contributed by atoms with Gasteiger partial charge in [-0.25, -0.2) is 0 Å². The quantitative estimate of drug-likeness (QED) is 0.520. The van der Waals surface area contributed by atoms with Gasteiger partial charge in [-0.15, -0.1) is 0 Å². The van der Waals surface area contributed by atoms with Gasteiger partial charge in [0.25, 0.3) is 0 Å². The first-order valence-electron chi connectivity index (χ1n) is 8.89. The molecular formula is C20H32. The lowest BCUT2D eigenvalue weighted by Gasteiger charge is -2.27. The molecule has 0 saturated heterocycles. The van der Waals surface area contributed by atoms with E-state index in [1.165, 1.54) is 68.9 Å². The summed E-state index contributed by atoms with van der Waals surface area (Å²) < 4.78 is 0. The molecular weight excluding hydrogens is 240 g/mol. The standard InChI is InChI=1S/C20H32/c1-3-17-9-13-19(14-10-17)7-5-6-8-20-15-11-18(4-2)12-16-20/h9-10,13-14,18,20H,3-8,11-12,15-16H2,1-2H3. The fourth-order valence-corrected chi connectivity index (χ4v) is 3.63. The molecule has 0 aliphatic heterocycles. The molecule has 1 aliphatic carbocycles. The van der Waals surface area contributed by atoms with Crippen LogP contribution in [-0.2, 0) is 12.8 Å². The van der Waals surface area contributed by atoms with E-state index in [1.807, 2.05) is 0 Å². The molecule has 0 aromatic heterocycles. The molecule has 0 amide bonds. The van der Waals surface area contributed by atoms with E-state index < -0.39 is 0 Å². The Balaban J connectivity index is 1.59. The second kappa shape index (κ2) is 8.49. The summed E-state index contributed by atoms with van der Waals surface area (Å²) in [5, 5.41) is 0. The van der Waals surface area contributed by atoms with E-state index in [1.54, 1.807) is 0 Å². The first kappa shape index (κ1) is 15.6. The Bertz CT molecular complexity index is 354. The zero-order chi connectivity index (χ0) is 14.2. The predicted octanol–water partition coefficient (Wildman–Crippen LogP) is 6.18. The third-order valence-electron chi connectivity index (χ3n) is 5.30. The monoisotopic (exact) mass is 272 g/mol. The number of benzene rings is 1. The molecule has 0 heteroatoms. The van der Waals surface area contributed by atoms with Gasteiger partial charge in [-0.05, 0) is 42.2 Å². The minimum Gasteiger partial charge on any atom is -0.0651 e. The van der Waals surface area contributed by atoms with E-state index >= 15 is 0 Å². The summed E-state index contributed by atoms with van der Waals surface area (Å²) in [6.45, 7) is 4.58. The molecule has 0 atom stereocenters. The van der Waals surface area contributed by atoms with Crippen LogP contribution in [0.4, 0.5) is 0 Å². The molecule has 1 fully saturated rings. The van der Waals surface area contributed by atoms with E-state index in [2.05, 4.69) is 38.1 Å². The maximum atomic E-state index is 2.36. The van der Waals surface area contributed by atoms with E-state index in [0.717, 1.165) is 18.3 Å². The van der Waals surface area contributed by atoms with Crippen LogP contribution < -0.4 is 0 Å². The first-order chi connectivity index (χ1) is 9.81. The predicted molar refractivity (Wildman–Crippen MR) is 89.1 cm³/mol. The highest BCUT2D eigenvalue weighted by Crippen LogP contribution is 2.33. The smallest absolute Gasteiger partial charge is 0.0279 e. The summed E-state index contributed by atoms with van der Waals surface area (Å²) in [6, 6.07) is 9.24. The molecule has 1 saturated carbocycles. The third-order valence-corrected chi connectivity index (χ3v) is 5.30. The minimum atomic E-state index is 1.04. The van der Waals surface area contributed by atoms with Crippen LogP contribution in [0.5, 0.6) is 0 Å². The highest BCUT2D eigenvalue weighted by Gasteiger charge is 2.19. The second-order valence-corrected chi connectivity index (χ2v) is 6.71. The van der Waals surface area contributed by atoms with Crippen molar-refractivity contribution in [2.24, 2.45) is 11.8 Å². The van der Waals surface area contributed by atoms with Gasteiger partial charge in [0.2, 0.25) is 0 Å². The van der Waals surface area contributed by atoms with Crippen LogP contribution in [0, 0.1) is 11.8 Å². The first-order valence-corrected chi connectivity index (χ1v) is 8.89. The Morgan fingerprint density at radius 2 is 1.40 bits per heavy atom. The number of unbranched alkanes of at least 4 members (excludes halogenated alkanes) is 1. The van der Waals surface area contributed by atoms with Gasteiger partial charge in [-0.2, -0.15) is 0 Å². The summed E-state index contributed by atoms with van der Waals surface area (Å²) in [5.41, 5.74) is 2.98. The fourth-order valence-electron chi connectivity index (χ4n) is 3.63. The van der Waals surface area contributed by atoms with Crippen molar-refractivity contribution in [3.05, 3.63) is 35.4 Å². The molecule has 0 spiro atoms. The normalized spacial score (nSPS) is 22.9.